The number of nitrogens with zero attached hydrogens (tertiary/aromatic N) is 1. The molecule has 0 radical (unpaired) electrons. The average Bonchev–Trinajstić information content (AvgIpc) is 2.55. The molecule has 1 aromatic rings. The molecule has 4 N–H and O–H groups in total. The van der Waals surface area contributed by atoms with Crippen LogP contribution in [0.25, 0.3) is 0 Å². The normalized spacial score (nSPS) is 16.1. The Kier molecular flexibility index (Phi) is 6.17. The van der Waals surface area contributed by atoms with Gasteiger partial charge in [-0.2, -0.15) is 0 Å². The number of piperidine rings is 1. The van der Waals surface area contributed by atoms with Gasteiger partial charge in [0.25, 0.3) is 5.91 Å². The molecule has 0 spiro atoms. The fraction of sp³-hybridized carbons (Fsp3) is 0.562. The van der Waals surface area contributed by atoms with E-state index in [0.717, 1.165) is 32.6 Å². The number of amides is 1. The molecule has 0 bridgehead atoms. The van der Waals surface area contributed by atoms with Gasteiger partial charge in [0.05, 0.1) is 0 Å². The van der Waals surface area contributed by atoms with Crippen LogP contribution in [0.3, 0.4) is 0 Å². The van der Waals surface area contributed by atoms with Gasteiger partial charge in [0, 0.05) is 18.2 Å². The van der Waals surface area contributed by atoms with Crippen molar-refractivity contribution in [1.82, 2.24) is 15.6 Å². The number of nitrogen functional groups attached to an aromatic ring is 1. The Morgan fingerprint density at radius 3 is 2.86 bits per heavy atom. The van der Waals surface area contributed by atoms with Crippen molar-refractivity contribution in [2.75, 3.05) is 19.6 Å². The summed E-state index contributed by atoms with van der Waals surface area (Å²) in [6, 6.07) is 8.37. The Morgan fingerprint density at radius 1 is 1.43 bits per heavy atom. The first-order chi connectivity index (χ1) is 10.2. The van der Waals surface area contributed by atoms with Crippen molar-refractivity contribution >= 4 is 5.91 Å². The first-order valence-electron chi connectivity index (χ1n) is 7.79. The molecule has 5 nitrogen and oxygen atoms in total. The van der Waals surface area contributed by atoms with Crippen molar-refractivity contribution < 1.29 is 4.79 Å². The molecular formula is C16H26N4O. The summed E-state index contributed by atoms with van der Waals surface area (Å²) < 4.78 is 0. The average molecular weight is 290 g/mol. The quantitative estimate of drug-likeness (QED) is 0.419. The van der Waals surface area contributed by atoms with Crippen LogP contribution in [0.5, 0.6) is 0 Å². The lowest BCUT2D eigenvalue weighted by Crippen LogP contribution is -2.43. The van der Waals surface area contributed by atoms with Gasteiger partial charge >= 0.3 is 0 Å². The van der Waals surface area contributed by atoms with E-state index in [-0.39, 0.29) is 5.91 Å². The second-order valence-electron chi connectivity index (χ2n) is 5.63. The minimum Gasteiger partial charge on any atom is -0.317 e. The van der Waals surface area contributed by atoms with Gasteiger partial charge in [-0.25, -0.2) is 5.84 Å². The van der Waals surface area contributed by atoms with Crippen LogP contribution >= 0.6 is 0 Å². The van der Waals surface area contributed by atoms with Crippen molar-refractivity contribution in [3.8, 4) is 0 Å². The van der Waals surface area contributed by atoms with Crippen molar-refractivity contribution in [1.29, 1.82) is 0 Å². The van der Waals surface area contributed by atoms with Gasteiger partial charge in [0.1, 0.15) is 0 Å². The molecule has 0 aromatic heterocycles. The highest BCUT2D eigenvalue weighted by atomic mass is 16.2. The molecule has 0 atom stereocenters. The summed E-state index contributed by atoms with van der Waals surface area (Å²) in [5, 5.41) is 3.41. The standard InChI is InChI=1S/C16H26N4O/c1-2-10-20(15-6-8-18-9-7-15)12-13-4-3-5-14(11-13)16(21)19-17/h3-5,11,15,18H,2,6-10,12,17H2,1H3,(H,19,21). The summed E-state index contributed by atoms with van der Waals surface area (Å²) in [7, 11) is 0. The molecule has 5 heteroatoms. The second-order valence-corrected chi connectivity index (χ2v) is 5.63. The van der Waals surface area contributed by atoms with Crippen LogP contribution < -0.4 is 16.6 Å². The molecule has 1 aromatic carbocycles. The molecule has 1 saturated heterocycles. The molecule has 0 saturated carbocycles. The number of hydrazine groups is 1. The Bertz CT molecular complexity index is 457. The molecule has 1 amide bonds. The molecule has 1 aliphatic heterocycles. The van der Waals surface area contributed by atoms with Crippen molar-refractivity contribution in [2.45, 2.75) is 38.8 Å². The van der Waals surface area contributed by atoms with Crippen LogP contribution in [0.15, 0.2) is 24.3 Å². The molecule has 1 aliphatic rings. The fourth-order valence-corrected chi connectivity index (χ4v) is 2.98. The van der Waals surface area contributed by atoms with E-state index in [1.165, 1.54) is 18.4 Å². The molecule has 21 heavy (non-hydrogen) atoms. The number of benzene rings is 1. The van der Waals surface area contributed by atoms with E-state index >= 15 is 0 Å². The molecule has 0 aliphatic carbocycles. The zero-order valence-electron chi connectivity index (χ0n) is 12.8. The molecule has 1 heterocycles. The largest absolute Gasteiger partial charge is 0.317 e. The topological polar surface area (TPSA) is 70.4 Å². The fourth-order valence-electron chi connectivity index (χ4n) is 2.98. The minimum absolute atomic E-state index is 0.235. The number of hydrogen-bond acceptors (Lipinski definition) is 4. The SMILES string of the molecule is CCCN(Cc1cccc(C(=O)NN)c1)C1CCNCC1. The zero-order valence-corrected chi connectivity index (χ0v) is 12.8. The molecule has 1 fully saturated rings. The Morgan fingerprint density at radius 2 is 2.19 bits per heavy atom. The maximum absolute atomic E-state index is 11.6. The monoisotopic (exact) mass is 290 g/mol. The zero-order chi connectivity index (χ0) is 15.1. The van der Waals surface area contributed by atoms with Crippen LogP contribution in [0, 0.1) is 0 Å². The van der Waals surface area contributed by atoms with Crippen LogP contribution in [0.4, 0.5) is 0 Å². The molecule has 0 unspecified atom stereocenters. The van der Waals surface area contributed by atoms with Crippen LogP contribution in [0.2, 0.25) is 0 Å². The second kappa shape index (κ2) is 8.12. The summed E-state index contributed by atoms with van der Waals surface area (Å²) in [6.45, 7) is 6.40. The lowest BCUT2D eigenvalue weighted by atomic mass is 10.0. The number of nitrogens with two attached hydrogens (primary N) is 1. The smallest absolute Gasteiger partial charge is 0.265 e. The lowest BCUT2D eigenvalue weighted by Gasteiger charge is -2.34. The number of nitrogens with one attached hydrogen (secondary N) is 2. The highest BCUT2D eigenvalue weighted by Gasteiger charge is 2.20. The van der Waals surface area contributed by atoms with Crippen molar-refractivity contribution in [2.24, 2.45) is 5.84 Å². The number of carbonyl (C=O) groups excluding carboxylic acids is 1. The van der Waals surface area contributed by atoms with E-state index in [1.807, 2.05) is 12.1 Å². The van der Waals surface area contributed by atoms with Crippen LogP contribution in [-0.4, -0.2) is 36.5 Å². The minimum atomic E-state index is -0.235. The number of carbonyl (C=O) groups is 1. The third-order valence-electron chi connectivity index (χ3n) is 4.04. The van der Waals surface area contributed by atoms with E-state index < -0.39 is 0 Å². The van der Waals surface area contributed by atoms with Gasteiger partial charge < -0.3 is 5.32 Å². The Hall–Kier alpha value is -1.43. The Balaban J connectivity index is 2.07. The van der Waals surface area contributed by atoms with E-state index in [1.54, 1.807) is 6.07 Å². The molecule has 116 valence electrons. The van der Waals surface area contributed by atoms with E-state index in [4.69, 9.17) is 5.84 Å². The number of rotatable bonds is 6. The maximum Gasteiger partial charge on any atom is 0.265 e. The first-order valence-corrected chi connectivity index (χ1v) is 7.79. The number of hydrogen-bond donors (Lipinski definition) is 3. The summed E-state index contributed by atoms with van der Waals surface area (Å²) in [5.41, 5.74) is 3.98. The van der Waals surface area contributed by atoms with Gasteiger partial charge in [-0.3, -0.25) is 15.1 Å². The lowest BCUT2D eigenvalue weighted by molar-refractivity contribution is 0.0953. The van der Waals surface area contributed by atoms with E-state index in [2.05, 4.69) is 28.6 Å². The highest BCUT2D eigenvalue weighted by Crippen LogP contribution is 2.17. The van der Waals surface area contributed by atoms with Gasteiger partial charge in [-0.05, 0) is 56.6 Å². The van der Waals surface area contributed by atoms with Crippen molar-refractivity contribution in [3.63, 3.8) is 0 Å². The van der Waals surface area contributed by atoms with E-state index in [0.29, 0.717) is 11.6 Å². The third kappa shape index (κ3) is 4.52. The van der Waals surface area contributed by atoms with Gasteiger partial charge in [0.2, 0.25) is 0 Å². The maximum atomic E-state index is 11.6. The van der Waals surface area contributed by atoms with E-state index in [9.17, 15) is 4.79 Å². The van der Waals surface area contributed by atoms with Gasteiger partial charge in [-0.1, -0.05) is 19.1 Å². The van der Waals surface area contributed by atoms with Gasteiger partial charge in [0.15, 0.2) is 0 Å². The predicted octanol–water partition coefficient (Wildman–Crippen LogP) is 1.25. The summed E-state index contributed by atoms with van der Waals surface area (Å²) in [4.78, 5) is 14.2. The first kappa shape index (κ1) is 15.9. The predicted molar refractivity (Wildman–Crippen MR) is 84.7 cm³/mol. The third-order valence-corrected chi connectivity index (χ3v) is 4.04. The summed E-state index contributed by atoms with van der Waals surface area (Å²) >= 11 is 0. The molecule has 2 rings (SSSR count). The van der Waals surface area contributed by atoms with Crippen molar-refractivity contribution in [3.05, 3.63) is 35.4 Å². The highest BCUT2D eigenvalue weighted by molar-refractivity contribution is 5.93. The van der Waals surface area contributed by atoms with Gasteiger partial charge in [-0.15, -0.1) is 0 Å². The molecular weight excluding hydrogens is 264 g/mol. The Labute approximate surface area is 126 Å². The summed E-state index contributed by atoms with van der Waals surface area (Å²) in [6.07, 6.45) is 3.54. The summed E-state index contributed by atoms with van der Waals surface area (Å²) in [5.74, 6) is 4.97. The van der Waals surface area contributed by atoms with Crippen LogP contribution in [-0.2, 0) is 6.54 Å². The van der Waals surface area contributed by atoms with Crippen LogP contribution in [0.1, 0.15) is 42.1 Å².